The monoisotopic (exact) mass is 348 g/mol. The Morgan fingerprint density at radius 3 is 2.96 bits per heavy atom. The first-order valence-corrected chi connectivity index (χ1v) is 9.84. The van der Waals surface area contributed by atoms with Gasteiger partial charge in [-0.3, -0.25) is 0 Å². The van der Waals surface area contributed by atoms with Gasteiger partial charge >= 0.3 is 6.09 Å². The second-order valence-electron chi connectivity index (χ2n) is 7.73. The summed E-state index contributed by atoms with van der Waals surface area (Å²) in [5.41, 5.74) is 1.02. The van der Waals surface area contributed by atoms with Crippen molar-refractivity contribution in [3.8, 4) is 0 Å². The Morgan fingerprint density at radius 2 is 2.17 bits per heavy atom. The van der Waals surface area contributed by atoms with E-state index in [-0.39, 0.29) is 6.09 Å². The summed E-state index contributed by atoms with van der Waals surface area (Å²) in [5, 5.41) is 3.69. The van der Waals surface area contributed by atoms with Crippen LogP contribution in [-0.2, 0) is 4.74 Å². The van der Waals surface area contributed by atoms with E-state index >= 15 is 0 Å². The van der Waals surface area contributed by atoms with Gasteiger partial charge in [0.2, 0.25) is 0 Å². The molecule has 1 fully saturated rings. The minimum atomic E-state index is -0.412. The zero-order chi connectivity index (χ0) is 17.2. The number of carbonyl (C=O) groups excluding carboxylic acids is 1. The third kappa shape index (κ3) is 4.45. The van der Waals surface area contributed by atoms with Crippen molar-refractivity contribution in [2.75, 3.05) is 25.4 Å². The first-order chi connectivity index (χ1) is 11.4. The smallest absolute Gasteiger partial charge is 0.410 e. The fourth-order valence-corrected chi connectivity index (χ4v) is 4.55. The quantitative estimate of drug-likeness (QED) is 0.890. The van der Waals surface area contributed by atoms with E-state index in [1.807, 2.05) is 37.4 Å². The van der Waals surface area contributed by atoms with Crippen molar-refractivity contribution in [2.45, 2.75) is 50.2 Å². The van der Waals surface area contributed by atoms with Crippen molar-refractivity contribution in [3.05, 3.63) is 29.8 Å². The van der Waals surface area contributed by atoms with Crippen LogP contribution in [0.25, 0.3) is 0 Å². The number of ether oxygens (including phenoxy) is 1. The van der Waals surface area contributed by atoms with E-state index in [9.17, 15) is 4.79 Å². The summed E-state index contributed by atoms with van der Waals surface area (Å²) >= 11 is 1.94. The molecule has 0 radical (unpaired) electrons. The molecule has 0 aliphatic carbocycles. The highest BCUT2D eigenvalue weighted by molar-refractivity contribution is 7.99. The minimum Gasteiger partial charge on any atom is -0.444 e. The van der Waals surface area contributed by atoms with E-state index in [1.165, 1.54) is 10.5 Å². The number of thioether (sulfide) groups is 1. The van der Waals surface area contributed by atoms with Crippen LogP contribution in [0.1, 0.15) is 45.2 Å². The number of hydrogen-bond donors (Lipinski definition) is 1. The molecule has 24 heavy (non-hydrogen) atoms. The minimum absolute atomic E-state index is 0.168. The number of nitrogens with one attached hydrogen (secondary N) is 1. The summed E-state index contributed by atoms with van der Waals surface area (Å²) < 4.78 is 5.46. The maximum atomic E-state index is 12.1. The lowest BCUT2D eigenvalue weighted by atomic mass is 10.0. The van der Waals surface area contributed by atoms with Crippen molar-refractivity contribution >= 4 is 17.9 Å². The number of carbonyl (C=O) groups is 1. The maximum Gasteiger partial charge on any atom is 0.410 e. The highest BCUT2D eigenvalue weighted by Gasteiger charge is 2.30. The average molecular weight is 349 g/mol. The van der Waals surface area contributed by atoms with E-state index in [0.29, 0.717) is 12.0 Å². The summed E-state index contributed by atoms with van der Waals surface area (Å²) in [6.07, 6.45) is 2.03. The summed E-state index contributed by atoms with van der Waals surface area (Å²) in [6, 6.07) is 9.13. The van der Waals surface area contributed by atoms with E-state index in [1.54, 1.807) is 0 Å². The number of rotatable bonds is 4. The van der Waals surface area contributed by atoms with Crippen LogP contribution in [0, 0.1) is 5.92 Å². The largest absolute Gasteiger partial charge is 0.444 e. The Labute approximate surface area is 149 Å². The van der Waals surface area contributed by atoms with Crippen LogP contribution in [0.5, 0.6) is 0 Å². The van der Waals surface area contributed by atoms with Gasteiger partial charge in [0.05, 0.1) is 0 Å². The van der Waals surface area contributed by atoms with Crippen LogP contribution >= 0.6 is 11.8 Å². The van der Waals surface area contributed by atoms with Crippen LogP contribution < -0.4 is 5.32 Å². The highest BCUT2D eigenvalue weighted by Crippen LogP contribution is 2.37. The van der Waals surface area contributed by atoms with Crippen molar-refractivity contribution in [1.29, 1.82) is 0 Å². The van der Waals surface area contributed by atoms with Gasteiger partial charge in [-0.05, 0) is 57.7 Å². The predicted octanol–water partition coefficient (Wildman–Crippen LogP) is 4.07. The molecule has 1 aromatic carbocycles. The molecule has 2 aliphatic heterocycles. The van der Waals surface area contributed by atoms with Crippen molar-refractivity contribution in [1.82, 2.24) is 10.2 Å². The molecule has 2 unspecified atom stereocenters. The van der Waals surface area contributed by atoms with Crippen molar-refractivity contribution in [3.63, 3.8) is 0 Å². The van der Waals surface area contributed by atoms with Crippen molar-refractivity contribution in [2.24, 2.45) is 5.92 Å². The lowest BCUT2D eigenvalue weighted by Crippen LogP contribution is -2.35. The molecule has 4 nitrogen and oxygen atoms in total. The second kappa shape index (κ2) is 7.36. The van der Waals surface area contributed by atoms with Crippen LogP contribution in [0.3, 0.4) is 0 Å². The first-order valence-electron chi connectivity index (χ1n) is 8.85. The van der Waals surface area contributed by atoms with E-state index < -0.39 is 5.60 Å². The van der Waals surface area contributed by atoms with Gasteiger partial charge in [-0.25, -0.2) is 4.79 Å². The molecule has 0 aromatic heterocycles. The molecular formula is C19H28N2O2S. The van der Waals surface area contributed by atoms with Gasteiger partial charge in [0.15, 0.2) is 0 Å². The SMILES string of the molecule is CC(C)(C)OC(=O)N1CCC(CCNC2CSc3ccccc32)C1. The van der Waals surface area contributed by atoms with Crippen LogP contribution in [0.2, 0.25) is 0 Å². The summed E-state index contributed by atoms with van der Waals surface area (Å²) in [7, 11) is 0. The maximum absolute atomic E-state index is 12.1. The zero-order valence-corrected chi connectivity index (χ0v) is 15.7. The average Bonchev–Trinajstić information content (AvgIpc) is 3.13. The molecule has 2 heterocycles. The van der Waals surface area contributed by atoms with Gasteiger partial charge < -0.3 is 15.0 Å². The zero-order valence-electron chi connectivity index (χ0n) is 14.9. The van der Waals surface area contributed by atoms with Gasteiger partial charge in [-0.2, -0.15) is 0 Å². The van der Waals surface area contributed by atoms with Gasteiger partial charge in [0, 0.05) is 29.8 Å². The Balaban J connectivity index is 1.40. The van der Waals surface area contributed by atoms with Crippen LogP contribution in [0.4, 0.5) is 4.79 Å². The number of likely N-dealkylation sites (tertiary alicyclic amines) is 1. The summed E-state index contributed by atoms with van der Waals surface area (Å²) in [5.74, 6) is 1.70. The van der Waals surface area contributed by atoms with E-state index in [0.717, 1.165) is 38.2 Å². The number of benzene rings is 1. The molecule has 0 spiro atoms. The molecule has 1 aromatic rings. The van der Waals surface area contributed by atoms with Crippen LogP contribution in [0.15, 0.2) is 29.2 Å². The Hall–Kier alpha value is -1.20. The standard InChI is InChI=1S/C19H28N2O2S/c1-19(2,3)23-18(22)21-11-9-14(12-21)8-10-20-16-13-24-17-7-5-4-6-15(16)17/h4-7,14,16,20H,8-13H2,1-3H3. The number of nitrogens with zero attached hydrogens (tertiary/aromatic N) is 1. The topological polar surface area (TPSA) is 41.6 Å². The number of hydrogen-bond acceptors (Lipinski definition) is 4. The molecule has 1 amide bonds. The molecule has 132 valence electrons. The van der Waals surface area contributed by atoms with Crippen molar-refractivity contribution < 1.29 is 9.53 Å². The highest BCUT2D eigenvalue weighted by atomic mass is 32.2. The summed E-state index contributed by atoms with van der Waals surface area (Å²) in [4.78, 5) is 15.4. The molecule has 0 bridgehead atoms. The molecule has 5 heteroatoms. The first kappa shape index (κ1) is 17.6. The third-order valence-corrected chi connectivity index (χ3v) is 5.76. The molecule has 1 N–H and O–H groups in total. The molecule has 2 aliphatic rings. The Morgan fingerprint density at radius 1 is 1.38 bits per heavy atom. The van der Waals surface area contributed by atoms with Gasteiger partial charge in [0.1, 0.15) is 5.60 Å². The third-order valence-electron chi connectivity index (χ3n) is 4.58. The number of amides is 1. The van der Waals surface area contributed by atoms with E-state index in [4.69, 9.17) is 4.74 Å². The Bertz CT molecular complexity index is 585. The molecular weight excluding hydrogens is 320 g/mol. The van der Waals surface area contributed by atoms with Crippen LogP contribution in [-0.4, -0.2) is 42.0 Å². The number of fused-ring (bicyclic) bond motifs is 1. The molecule has 2 atom stereocenters. The normalized spacial score (nSPS) is 23.4. The lowest BCUT2D eigenvalue weighted by molar-refractivity contribution is 0.0287. The molecule has 3 rings (SSSR count). The molecule has 1 saturated heterocycles. The Kier molecular flexibility index (Phi) is 5.40. The lowest BCUT2D eigenvalue weighted by Gasteiger charge is -2.24. The molecule has 0 saturated carbocycles. The van der Waals surface area contributed by atoms with Gasteiger partial charge in [-0.1, -0.05) is 18.2 Å². The van der Waals surface area contributed by atoms with E-state index in [2.05, 4.69) is 29.6 Å². The predicted molar refractivity (Wildman–Crippen MR) is 98.4 cm³/mol. The second-order valence-corrected chi connectivity index (χ2v) is 8.79. The van der Waals surface area contributed by atoms with Gasteiger partial charge in [-0.15, -0.1) is 11.8 Å². The van der Waals surface area contributed by atoms with Gasteiger partial charge in [0.25, 0.3) is 0 Å². The fraction of sp³-hybridized carbons (Fsp3) is 0.632. The summed E-state index contributed by atoms with van der Waals surface area (Å²) in [6.45, 7) is 8.40. The fourth-order valence-electron chi connectivity index (χ4n) is 3.35.